The van der Waals surface area contributed by atoms with E-state index in [-0.39, 0.29) is 34.4 Å². The number of nitrogens with one attached hydrogen (secondary N) is 1. The van der Waals surface area contributed by atoms with Gasteiger partial charge in [-0.05, 0) is 54.6 Å². The number of Topliss-reactive ketones (excluding diaryl/α,β-unsaturated/α-hetero) is 1. The molecule has 0 radical (unpaired) electrons. The predicted octanol–water partition coefficient (Wildman–Crippen LogP) is 3.17. The molecule has 0 bridgehead atoms. The zero-order valence-corrected chi connectivity index (χ0v) is 13.8. The number of aliphatic imine (C=N–C) groups is 1. The number of aliphatic hydroxyl groups excluding tert-OH is 1. The van der Waals surface area contributed by atoms with Gasteiger partial charge in [-0.1, -0.05) is 0 Å². The van der Waals surface area contributed by atoms with Crippen LogP contribution in [0.4, 0.5) is 11.4 Å². The van der Waals surface area contributed by atoms with Crippen molar-refractivity contribution in [3.63, 3.8) is 0 Å². The van der Waals surface area contributed by atoms with E-state index in [2.05, 4.69) is 10.3 Å². The summed E-state index contributed by atoms with van der Waals surface area (Å²) in [6.07, 6.45) is 1.40. The number of hydrogen-bond acceptors (Lipinski definition) is 7. The molecular weight excluding hydrogens is 336 g/mol. The van der Waals surface area contributed by atoms with E-state index in [0.717, 1.165) is 0 Å². The molecule has 1 aliphatic rings. The van der Waals surface area contributed by atoms with Crippen molar-refractivity contribution in [2.45, 2.75) is 0 Å². The number of phenols is 2. The van der Waals surface area contributed by atoms with Gasteiger partial charge in [-0.3, -0.25) is 4.79 Å². The Balaban J connectivity index is 1.99. The summed E-state index contributed by atoms with van der Waals surface area (Å²) in [7, 11) is 1.28. The van der Waals surface area contributed by atoms with Crippen LogP contribution in [-0.2, 0) is 9.53 Å². The lowest BCUT2D eigenvalue weighted by atomic mass is 10.0. The van der Waals surface area contributed by atoms with Crippen molar-refractivity contribution in [2.24, 2.45) is 4.99 Å². The van der Waals surface area contributed by atoms with Gasteiger partial charge < -0.3 is 25.4 Å². The monoisotopic (exact) mass is 352 g/mol. The molecule has 0 atom stereocenters. The highest BCUT2D eigenvalue weighted by molar-refractivity contribution is 6.50. The molecule has 7 heteroatoms. The number of ether oxygens (including phenoxy) is 1. The molecule has 132 valence electrons. The number of phenolic OH excluding ortho intramolecular Hbond substituents is 2. The van der Waals surface area contributed by atoms with Crippen LogP contribution in [0.2, 0.25) is 0 Å². The normalized spacial score (nSPS) is 15.8. The molecule has 3 rings (SSSR count). The van der Waals surface area contributed by atoms with Crippen molar-refractivity contribution in [1.82, 2.24) is 0 Å². The summed E-state index contributed by atoms with van der Waals surface area (Å²) in [5.74, 6) is -0.935. The highest BCUT2D eigenvalue weighted by atomic mass is 16.5. The number of benzene rings is 2. The number of carbonyl (C=O) groups is 1. The molecule has 1 aliphatic carbocycles. The van der Waals surface area contributed by atoms with Gasteiger partial charge in [0.1, 0.15) is 17.2 Å². The zero-order valence-electron chi connectivity index (χ0n) is 13.8. The van der Waals surface area contributed by atoms with Crippen LogP contribution in [0.1, 0.15) is 0 Å². The number of hydrogen-bond donors (Lipinski definition) is 4. The van der Waals surface area contributed by atoms with E-state index in [1.807, 2.05) is 0 Å². The van der Waals surface area contributed by atoms with Gasteiger partial charge in [-0.15, -0.1) is 0 Å². The lowest BCUT2D eigenvalue weighted by molar-refractivity contribution is -0.112. The van der Waals surface area contributed by atoms with Gasteiger partial charge in [0, 0.05) is 5.69 Å². The van der Waals surface area contributed by atoms with Gasteiger partial charge in [0.2, 0.25) is 11.5 Å². The Hall–Kier alpha value is -3.74. The van der Waals surface area contributed by atoms with Crippen LogP contribution in [0.25, 0.3) is 0 Å². The number of nitrogens with zero attached hydrogens (tertiary/aromatic N) is 1. The fraction of sp³-hybridized carbons (Fsp3) is 0.0526. The summed E-state index contributed by atoms with van der Waals surface area (Å²) in [6, 6.07) is 12.2. The van der Waals surface area contributed by atoms with E-state index in [1.54, 1.807) is 24.3 Å². The molecule has 7 nitrogen and oxygen atoms in total. The third kappa shape index (κ3) is 3.51. The van der Waals surface area contributed by atoms with Gasteiger partial charge >= 0.3 is 0 Å². The lowest BCUT2D eigenvalue weighted by Gasteiger charge is -2.18. The number of ketones is 1. The third-order valence-electron chi connectivity index (χ3n) is 3.64. The highest BCUT2D eigenvalue weighted by Crippen LogP contribution is 2.25. The molecular formula is C19H16N2O5. The molecule has 0 amide bonds. The SMILES string of the molecule is COC1=C(O)C(Nc2ccc(O)cc2)=CC(=Nc2ccc(O)cc2)C1=O. The largest absolute Gasteiger partial charge is 0.508 e. The smallest absolute Gasteiger partial charge is 0.249 e. The van der Waals surface area contributed by atoms with Crippen molar-refractivity contribution in [3.8, 4) is 11.5 Å². The first-order valence-electron chi connectivity index (χ1n) is 7.65. The average Bonchev–Trinajstić information content (AvgIpc) is 2.63. The maximum Gasteiger partial charge on any atom is 0.249 e. The maximum absolute atomic E-state index is 12.5. The molecule has 0 spiro atoms. The van der Waals surface area contributed by atoms with E-state index in [9.17, 15) is 20.1 Å². The standard InChI is InChI=1S/C19H16N2O5/c1-26-19-17(24)15(20-11-2-6-13(22)7-3-11)10-16(18(19)25)21-12-4-8-14(23)9-5-12/h2-10,20,22-24H,1H3. The van der Waals surface area contributed by atoms with Crippen LogP contribution in [0.15, 0.2) is 76.8 Å². The molecule has 0 heterocycles. The average molecular weight is 352 g/mol. The first-order valence-corrected chi connectivity index (χ1v) is 7.65. The summed E-state index contributed by atoms with van der Waals surface area (Å²) in [5, 5.41) is 31.9. The van der Waals surface area contributed by atoms with Crippen LogP contribution in [-0.4, -0.2) is 33.9 Å². The molecule has 0 saturated carbocycles. The van der Waals surface area contributed by atoms with Crippen LogP contribution >= 0.6 is 0 Å². The molecule has 0 unspecified atom stereocenters. The number of aliphatic hydroxyl groups is 1. The maximum atomic E-state index is 12.5. The van der Waals surface area contributed by atoms with E-state index in [0.29, 0.717) is 11.4 Å². The van der Waals surface area contributed by atoms with E-state index >= 15 is 0 Å². The number of allylic oxidation sites excluding steroid dienone is 2. The topological polar surface area (TPSA) is 111 Å². The second-order valence-corrected chi connectivity index (χ2v) is 5.45. The number of rotatable bonds is 4. The Kier molecular flexibility index (Phi) is 4.62. The highest BCUT2D eigenvalue weighted by Gasteiger charge is 2.28. The van der Waals surface area contributed by atoms with E-state index < -0.39 is 5.78 Å². The minimum absolute atomic E-state index is 0.0617. The lowest BCUT2D eigenvalue weighted by Crippen LogP contribution is -2.25. The zero-order chi connectivity index (χ0) is 18.7. The Morgan fingerprint density at radius 2 is 1.50 bits per heavy atom. The second-order valence-electron chi connectivity index (χ2n) is 5.45. The number of aromatic hydroxyl groups is 2. The van der Waals surface area contributed by atoms with Gasteiger partial charge in [-0.2, -0.15) is 0 Å². The first-order chi connectivity index (χ1) is 12.5. The molecule has 0 aliphatic heterocycles. The Labute approximate surface area is 149 Å². The van der Waals surface area contributed by atoms with Crippen LogP contribution in [0.5, 0.6) is 11.5 Å². The second kappa shape index (κ2) is 7.02. The van der Waals surface area contributed by atoms with Gasteiger partial charge in [0.15, 0.2) is 5.76 Å². The summed E-state index contributed by atoms with van der Waals surface area (Å²) >= 11 is 0. The molecule has 2 aromatic rings. The predicted molar refractivity (Wildman–Crippen MR) is 96.7 cm³/mol. The number of carbonyl (C=O) groups excluding carboxylic acids is 1. The number of anilines is 1. The fourth-order valence-electron chi connectivity index (χ4n) is 2.35. The minimum atomic E-state index is -0.561. The molecule has 4 N–H and O–H groups in total. The summed E-state index contributed by atoms with van der Waals surface area (Å²) in [5.41, 5.74) is 1.34. The van der Waals surface area contributed by atoms with E-state index in [4.69, 9.17) is 4.74 Å². The summed E-state index contributed by atoms with van der Waals surface area (Å²) < 4.78 is 5.03. The van der Waals surface area contributed by atoms with Crippen molar-refractivity contribution in [3.05, 3.63) is 71.8 Å². The van der Waals surface area contributed by atoms with Gasteiger partial charge in [0.05, 0.1) is 18.5 Å². The first kappa shape index (κ1) is 17.1. The minimum Gasteiger partial charge on any atom is -0.508 e. The Bertz CT molecular complexity index is 925. The molecule has 0 saturated heterocycles. The molecule has 26 heavy (non-hydrogen) atoms. The Morgan fingerprint density at radius 1 is 0.923 bits per heavy atom. The van der Waals surface area contributed by atoms with Gasteiger partial charge in [0.25, 0.3) is 0 Å². The van der Waals surface area contributed by atoms with Crippen molar-refractivity contribution in [1.29, 1.82) is 0 Å². The third-order valence-corrected chi connectivity index (χ3v) is 3.64. The molecule has 0 fully saturated rings. The van der Waals surface area contributed by atoms with E-state index in [1.165, 1.54) is 37.5 Å². The summed E-state index contributed by atoms with van der Waals surface area (Å²) in [4.78, 5) is 16.7. The van der Waals surface area contributed by atoms with Crippen LogP contribution in [0, 0.1) is 0 Å². The van der Waals surface area contributed by atoms with Crippen molar-refractivity contribution >= 4 is 22.9 Å². The summed E-state index contributed by atoms with van der Waals surface area (Å²) in [6.45, 7) is 0. The Morgan fingerprint density at radius 3 is 2.08 bits per heavy atom. The van der Waals surface area contributed by atoms with Crippen molar-refractivity contribution in [2.75, 3.05) is 12.4 Å². The molecule has 2 aromatic carbocycles. The van der Waals surface area contributed by atoms with Crippen molar-refractivity contribution < 1.29 is 24.9 Å². The van der Waals surface area contributed by atoms with Crippen LogP contribution in [0.3, 0.4) is 0 Å². The fourth-order valence-corrected chi connectivity index (χ4v) is 2.35. The number of methoxy groups -OCH3 is 1. The van der Waals surface area contributed by atoms with Gasteiger partial charge in [-0.25, -0.2) is 4.99 Å². The molecule has 0 aromatic heterocycles. The van der Waals surface area contributed by atoms with Crippen LogP contribution < -0.4 is 5.32 Å². The quantitative estimate of drug-likeness (QED) is 0.497.